The van der Waals surface area contributed by atoms with E-state index in [1.807, 2.05) is 20.8 Å². The Balaban J connectivity index is 0. The number of ether oxygens (including phenoxy) is 8. The number of carboxylic acid groups (broad SMARTS) is 3. The maximum Gasteiger partial charge on any atom is 0.326 e. The number of Topliss-reactive ketones (excluding diaryl/α,β-unsaturated/α-hetero) is 6. The van der Waals surface area contributed by atoms with Crippen molar-refractivity contribution in [2.24, 2.45) is 17.8 Å². The molecular formula is C84H149N5O25. The van der Waals surface area contributed by atoms with E-state index in [4.69, 9.17) is 43.0 Å². The molecule has 4 atom stereocenters. The van der Waals surface area contributed by atoms with E-state index < -0.39 is 29.9 Å². The Morgan fingerprint density at radius 2 is 0.728 bits per heavy atom. The summed E-state index contributed by atoms with van der Waals surface area (Å²) in [4.78, 5) is 166. The Morgan fingerprint density at radius 1 is 0.307 bits per heavy atom. The molecule has 0 aromatic carbocycles. The van der Waals surface area contributed by atoms with Crippen molar-refractivity contribution in [1.29, 1.82) is 0 Å². The predicted molar refractivity (Wildman–Crippen MR) is 432 cm³/mol. The van der Waals surface area contributed by atoms with Crippen LogP contribution in [0.15, 0.2) is 0 Å². The van der Waals surface area contributed by atoms with Gasteiger partial charge in [0, 0.05) is 135 Å². The van der Waals surface area contributed by atoms with Crippen LogP contribution in [-0.2, 0) is 105 Å². The van der Waals surface area contributed by atoms with E-state index in [1.54, 1.807) is 0 Å². The summed E-state index contributed by atoms with van der Waals surface area (Å²) in [6.07, 6.45) is 28.9. The number of carboxylic acids is 3. The molecule has 0 aromatic heterocycles. The van der Waals surface area contributed by atoms with Crippen molar-refractivity contribution in [3.63, 3.8) is 0 Å². The summed E-state index contributed by atoms with van der Waals surface area (Å²) in [7, 11) is 0. The fourth-order valence-corrected chi connectivity index (χ4v) is 11.9. The van der Waals surface area contributed by atoms with Crippen molar-refractivity contribution >= 4 is 82.1 Å². The molecule has 30 heteroatoms. The molecule has 0 unspecified atom stereocenters. The molecule has 0 bridgehead atoms. The van der Waals surface area contributed by atoms with Gasteiger partial charge in [-0.1, -0.05) is 129 Å². The van der Waals surface area contributed by atoms with Gasteiger partial charge >= 0.3 is 17.9 Å². The van der Waals surface area contributed by atoms with Gasteiger partial charge in [-0.3, -0.25) is 62.3 Å². The average molecular weight is 1630 g/mol. The largest absolute Gasteiger partial charge is 0.481 e. The van der Waals surface area contributed by atoms with Gasteiger partial charge in [0.2, 0.25) is 29.5 Å². The van der Waals surface area contributed by atoms with Crippen molar-refractivity contribution in [2.75, 3.05) is 132 Å². The molecule has 0 rings (SSSR count). The molecule has 8 N–H and O–H groups in total. The molecule has 0 aliphatic heterocycles. The number of carbonyl (C=O) groups is 14. The molecule has 114 heavy (non-hydrogen) atoms. The van der Waals surface area contributed by atoms with Crippen LogP contribution in [0.5, 0.6) is 0 Å². The maximum absolute atomic E-state index is 12.9. The minimum Gasteiger partial charge on any atom is -0.481 e. The van der Waals surface area contributed by atoms with Crippen molar-refractivity contribution in [3.8, 4) is 0 Å². The van der Waals surface area contributed by atoms with E-state index in [2.05, 4.69) is 26.6 Å². The molecular weight excluding hydrogens is 1480 g/mol. The molecule has 30 nitrogen and oxygen atoms in total. The molecule has 5 amide bonds. The van der Waals surface area contributed by atoms with E-state index in [9.17, 15) is 77.3 Å². The van der Waals surface area contributed by atoms with Crippen molar-refractivity contribution in [2.45, 2.75) is 304 Å². The van der Waals surface area contributed by atoms with Crippen LogP contribution in [-0.4, -0.2) is 235 Å². The van der Waals surface area contributed by atoms with Crippen LogP contribution in [0.3, 0.4) is 0 Å². The lowest BCUT2D eigenvalue weighted by atomic mass is 9.87. The SMILES string of the molecule is CC(=O)NCCOCCOCC(=O)NCCCC[C@H](C)C(=O)C[C@@H](CCCCNC(=O)COCCOCCCC(=O)COCCOCCNC(=O)CC[C@H](CC(=O)CCCCCCCCCCCCC(=O)O)C(=O)O)C(C)=O.CCOCCOCCCC(=O)CC[C@H](NC(=O)CCCCCCCCCCCCC(=O)CC)C(=O)O. The highest BCUT2D eigenvalue weighted by Crippen LogP contribution is 2.21. The monoisotopic (exact) mass is 1630 g/mol. The topological polar surface area (TPSA) is 434 Å². The van der Waals surface area contributed by atoms with E-state index in [0.717, 1.165) is 109 Å². The van der Waals surface area contributed by atoms with Gasteiger partial charge < -0.3 is 79.8 Å². The highest BCUT2D eigenvalue weighted by molar-refractivity contribution is 5.88. The third kappa shape index (κ3) is 78.0. The Morgan fingerprint density at radius 3 is 1.20 bits per heavy atom. The van der Waals surface area contributed by atoms with Gasteiger partial charge in [-0.15, -0.1) is 0 Å². The summed E-state index contributed by atoms with van der Waals surface area (Å²) in [6, 6.07) is -1.02. The fourth-order valence-electron chi connectivity index (χ4n) is 11.9. The van der Waals surface area contributed by atoms with Gasteiger partial charge in [0.05, 0.1) is 72.0 Å². The van der Waals surface area contributed by atoms with Crippen LogP contribution >= 0.6 is 0 Å². The summed E-state index contributed by atoms with van der Waals surface area (Å²) in [5.74, 6) is -5.51. The fraction of sp³-hybridized carbons (Fsp3) is 0.833. The van der Waals surface area contributed by atoms with E-state index in [-0.39, 0.29) is 188 Å². The first-order chi connectivity index (χ1) is 54.9. The summed E-state index contributed by atoms with van der Waals surface area (Å²) >= 11 is 0. The van der Waals surface area contributed by atoms with Crippen molar-refractivity contribution in [3.05, 3.63) is 0 Å². The van der Waals surface area contributed by atoms with Crippen LogP contribution in [0.4, 0.5) is 0 Å². The molecule has 0 heterocycles. The second-order valence-electron chi connectivity index (χ2n) is 29.2. The third-order valence-corrected chi connectivity index (χ3v) is 18.8. The lowest BCUT2D eigenvalue weighted by Crippen LogP contribution is -2.41. The van der Waals surface area contributed by atoms with E-state index in [0.29, 0.717) is 149 Å². The number of rotatable bonds is 85. The Kier molecular flexibility index (Phi) is 77.1. The van der Waals surface area contributed by atoms with Gasteiger partial charge in [0.15, 0.2) is 5.78 Å². The molecule has 0 saturated heterocycles. The van der Waals surface area contributed by atoms with Gasteiger partial charge in [-0.2, -0.15) is 0 Å². The Labute approximate surface area is 679 Å². The van der Waals surface area contributed by atoms with Crippen molar-refractivity contribution in [1.82, 2.24) is 26.6 Å². The van der Waals surface area contributed by atoms with Gasteiger partial charge in [-0.25, -0.2) is 4.79 Å². The average Bonchev–Trinajstić information content (AvgIpc) is 0.943. The second-order valence-corrected chi connectivity index (χ2v) is 29.2. The number of amides is 5. The van der Waals surface area contributed by atoms with Crippen LogP contribution in [0, 0.1) is 17.8 Å². The first-order valence-corrected chi connectivity index (χ1v) is 42.6. The summed E-state index contributed by atoms with van der Waals surface area (Å²) < 4.78 is 42.8. The number of carbonyl (C=O) groups excluding carboxylic acids is 11. The summed E-state index contributed by atoms with van der Waals surface area (Å²) in [6.45, 7) is 14.3. The van der Waals surface area contributed by atoms with E-state index >= 15 is 0 Å². The molecule has 0 fully saturated rings. The van der Waals surface area contributed by atoms with E-state index in [1.165, 1.54) is 39.5 Å². The highest BCUT2D eigenvalue weighted by atomic mass is 16.5. The number of unbranched alkanes of at least 4 members (excludes halogenated alkanes) is 20. The standard InChI is InChI=1S/C56H98N4O18.C28H51NO7/c1-44(19-14-16-26-58-53(67)43-78-38-35-74-31-28-57-46(3)62)51(65)40-47(45(2)61)20-15-17-27-59-54(68)42-77-37-33-73-30-18-22-50(64)41-76-36-34-75-32-29-60-52(66)25-24-48(56(71)72)39-49(63)21-12-10-8-6-4-5-7-9-11-13-23-55(69)70;1-3-24(30)16-13-11-9-7-5-6-8-10-12-14-18-27(32)29-26(28(33)34)20-19-25(31)17-15-21-36-23-22-35-4-2/h44,47-48H,4-43H2,1-3H3,(H,57,62)(H,58,67)(H,59,68)(H,60,66)(H,69,70)(H,71,72);26H,3-23H2,1-2H3,(H,29,32)(H,33,34)/t44-,47+,48+;26-/m00/s1. The second kappa shape index (κ2) is 80.3. The maximum atomic E-state index is 12.9. The zero-order valence-electron chi connectivity index (χ0n) is 70.3. The van der Waals surface area contributed by atoms with Gasteiger partial charge in [0.25, 0.3) is 0 Å². The number of ketones is 6. The zero-order valence-corrected chi connectivity index (χ0v) is 70.3. The lowest BCUT2D eigenvalue weighted by Gasteiger charge is -2.16. The normalized spacial score (nSPS) is 12.1. The molecule has 0 spiro atoms. The number of hydrogen-bond acceptors (Lipinski definition) is 22. The Hall–Kier alpha value is -6.54. The molecule has 0 radical (unpaired) electrons. The quantitative estimate of drug-likeness (QED) is 0.0262. The highest BCUT2D eigenvalue weighted by Gasteiger charge is 2.25. The number of aliphatic carboxylic acids is 3. The molecule has 0 saturated carbocycles. The van der Waals surface area contributed by atoms with Crippen LogP contribution in [0.2, 0.25) is 0 Å². The minimum atomic E-state index is -1.10. The Bertz CT molecular complexity index is 2580. The van der Waals surface area contributed by atoms with Crippen molar-refractivity contribution < 1.29 is 120 Å². The molecule has 660 valence electrons. The van der Waals surface area contributed by atoms with Gasteiger partial charge in [-0.05, 0) is 90.9 Å². The summed E-state index contributed by atoms with van der Waals surface area (Å²) in [5, 5.41) is 41.1. The van der Waals surface area contributed by atoms with Crippen LogP contribution in [0.1, 0.15) is 298 Å². The number of nitrogens with one attached hydrogen (secondary N) is 5. The number of hydrogen-bond donors (Lipinski definition) is 8. The zero-order chi connectivity index (χ0) is 84.7. The first-order valence-electron chi connectivity index (χ1n) is 42.6. The van der Waals surface area contributed by atoms with Gasteiger partial charge in [0.1, 0.15) is 54.8 Å². The molecule has 0 aromatic rings. The molecule has 0 aliphatic carbocycles. The molecule has 0 aliphatic rings. The smallest absolute Gasteiger partial charge is 0.326 e. The first kappa shape index (κ1) is 110. The lowest BCUT2D eigenvalue weighted by molar-refractivity contribution is -0.144. The van der Waals surface area contributed by atoms with Crippen LogP contribution in [0.25, 0.3) is 0 Å². The predicted octanol–water partition coefficient (Wildman–Crippen LogP) is 10.7. The summed E-state index contributed by atoms with van der Waals surface area (Å²) in [5.41, 5.74) is 0. The third-order valence-electron chi connectivity index (χ3n) is 18.8. The minimum absolute atomic E-state index is 0.0181. The van der Waals surface area contributed by atoms with Crippen LogP contribution < -0.4 is 26.6 Å².